The maximum Gasteiger partial charge on any atom is 0.312 e. The lowest BCUT2D eigenvalue weighted by Crippen LogP contribution is -2.25. The standard InChI is InChI=1S/C12H17NO2/c1-9-6-5-7-13-10(9)8-11(14)15-12(2,3)4/h5-7H,8H2,1-4H3. The van der Waals surface area contributed by atoms with Gasteiger partial charge in [-0.2, -0.15) is 0 Å². The third-order valence-corrected chi connectivity index (χ3v) is 1.85. The molecule has 1 rings (SSSR count). The van der Waals surface area contributed by atoms with Crippen LogP contribution in [0, 0.1) is 6.92 Å². The molecular formula is C12H17NO2. The number of ether oxygens (including phenoxy) is 1. The summed E-state index contributed by atoms with van der Waals surface area (Å²) in [5.41, 5.74) is 1.37. The van der Waals surface area contributed by atoms with Crippen LogP contribution in [0.1, 0.15) is 32.0 Å². The third kappa shape index (κ3) is 4.11. The average Bonchev–Trinajstić information content (AvgIpc) is 2.05. The highest BCUT2D eigenvalue weighted by Crippen LogP contribution is 2.10. The van der Waals surface area contributed by atoms with E-state index in [-0.39, 0.29) is 12.4 Å². The highest BCUT2D eigenvalue weighted by molar-refractivity contribution is 5.72. The predicted octanol–water partition coefficient (Wildman–Crippen LogP) is 2.27. The number of esters is 1. The number of nitrogens with zero attached hydrogens (tertiary/aromatic N) is 1. The Kier molecular flexibility index (Phi) is 3.45. The van der Waals surface area contributed by atoms with E-state index in [1.807, 2.05) is 39.8 Å². The summed E-state index contributed by atoms with van der Waals surface area (Å²) < 4.78 is 5.22. The van der Waals surface area contributed by atoms with Gasteiger partial charge in [0.05, 0.1) is 12.1 Å². The molecule has 0 amide bonds. The Morgan fingerprint density at radius 1 is 1.47 bits per heavy atom. The molecule has 15 heavy (non-hydrogen) atoms. The minimum atomic E-state index is -0.431. The minimum absolute atomic E-state index is 0.232. The Balaban J connectivity index is 2.64. The van der Waals surface area contributed by atoms with Crippen LogP contribution < -0.4 is 0 Å². The lowest BCUT2D eigenvalue weighted by Gasteiger charge is -2.19. The number of carbonyl (C=O) groups is 1. The summed E-state index contributed by atoms with van der Waals surface area (Å²) >= 11 is 0. The fraction of sp³-hybridized carbons (Fsp3) is 0.500. The summed E-state index contributed by atoms with van der Waals surface area (Å²) in [6.07, 6.45) is 1.93. The number of hydrogen-bond acceptors (Lipinski definition) is 3. The molecule has 0 radical (unpaired) electrons. The maximum atomic E-state index is 11.5. The van der Waals surface area contributed by atoms with Crippen LogP contribution in [0.15, 0.2) is 18.3 Å². The third-order valence-electron chi connectivity index (χ3n) is 1.85. The molecule has 0 saturated heterocycles. The molecule has 0 aromatic carbocycles. The fourth-order valence-electron chi connectivity index (χ4n) is 1.22. The zero-order valence-electron chi connectivity index (χ0n) is 9.70. The van der Waals surface area contributed by atoms with Crippen molar-refractivity contribution in [3.05, 3.63) is 29.6 Å². The van der Waals surface area contributed by atoms with Crippen molar-refractivity contribution in [3.63, 3.8) is 0 Å². The van der Waals surface area contributed by atoms with Gasteiger partial charge in [-0.05, 0) is 39.3 Å². The number of aromatic nitrogens is 1. The second-order valence-electron chi connectivity index (χ2n) is 4.53. The molecule has 0 unspecified atom stereocenters. The van der Waals surface area contributed by atoms with Crippen LogP contribution in [-0.4, -0.2) is 16.6 Å². The number of hydrogen-bond donors (Lipinski definition) is 0. The second kappa shape index (κ2) is 4.43. The van der Waals surface area contributed by atoms with Gasteiger partial charge < -0.3 is 4.74 Å². The first-order valence-corrected chi connectivity index (χ1v) is 5.01. The first-order valence-electron chi connectivity index (χ1n) is 5.01. The van der Waals surface area contributed by atoms with Crippen LogP contribution in [-0.2, 0) is 16.0 Å². The largest absolute Gasteiger partial charge is 0.460 e. The quantitative estimate of drug-likeness (QED) is 0.698. The van der Waals surface area contributed by atoms with Crippen molar-refractivity contribution in [3.8, 4) is 0 Å². The summed E-state index contributed by atoms with van der Waals surface area (Å²) in [6, 6.07) is 3.79. The van der Waals surface area contributed by atoms with Gasteiger partial charge in [0.25, 0.3) is 0 Å². The van der Waals surface area contributed by atoms with Crippen molar-refractivity contribution >= 4 is 5.97 Å². The number of aryl methyl sites for hydroxylation is 1. The van der Waals surface area contributed by atoms with Crippen molar-refractivity contribution in [1.82, 2.24) is 4.98 Å². The van der Waals surface area contributed by atoms with E-state index in [0.29, 0.717) is 0 Å². The molecule has 0 bridgehead atoms. The van der Waals surface area contributed by atoms with Gasteiger partial charge in [-0.15, -0.1) is 0 Å². The fourth-order valence-corrected chi connectivity index (χ4v) is 1.22. The SMILES string of the molecule is Cc1cccnc1CC(=O)OC(C)(C)C. The van der Waals surface area contributed by atoms with Gasteiger partial charge in [0, 0.05) is 6.20 Å². The molecule has 3 nitrogen and oxygen atoms in total. The lowest BCUT2D eigenvalue weighted by atomic mass is 10.1. The van der Waals surface area contributed by atoms with Crippen LogP contribution in [0.5, 0.6) is 0 Å². The highest BCUT2D eigenvalue weighted by atomic mass is 16.6. The van der Waals surface area contributed by atoms with Crippen LogP contribution in [0.25, 0.3) is 0 Å². The minimum Gasteiger partial charge on any atom is -0.460 e. The predicted molar refractivity (Wildman–Crippen MR) is 58.5 cm³/mol. The molecule has 0 spiro atoms. The number of rotatable bonds is 2. The van der Waals surface area contributed by atoms with Crippen molar-refractivity contribution < 1.29 is 9.53 Å². The molecule has 0 aliphatic carbocycles. The van der Waals surface area contributed by atoms with Gasteiger partial charge in [0.2, 0.25) is 0 Å². The second-order valence-corrected chi connectivity index (χ2v) is 4.53. The summed E-state index contributed by atoms with van der Waals surface area (Å²) in [5, 5.41) is 0. The zero-order chi connectivity index (χ0) is 11.5. The summed E-state index contributed by atoms with van der Waals surface area (Å²) in [4.78, 5) is 15.7. The summed E-state index contributed by atoms with van der Waals surface area (Å²) in [7, 11) is 0. The van der Waals surface area contributed by atoms with Crippen molar-refractivity contribution in [1.29, 1.82) is 0 Å². The lowest BCUT2D eigenvalue weighted by molar-refractivity contribution is -0.154. The molecule has 3 heteroatoms. The molecule has 82 valence electrons. The van der Waals surface area contributed by atoms with E-state index in [2.05, 4.69) is 4.98 Å². The molecule has 0 saturated carbocycles. The molecule has 0 atom stereocenters. The van der Waals surface area contributed by atoms with Gasteiger partial charge in [-0.1, -0.05) is 6.07 Å². The van der Waals surface area contributed by atoms with E-state index < -0.39 is 5.60 Å². The zero-order valence-corrected chi connectivity index (χ0v) is 9.70. The van der Waals surface area contributed by atoms with Gasteiger partial charge in [-0.3, -0.25) is 9.78 Å². The Morgan fingerprint density at radius 2 is 2.13 bits per heavy atom. The van der Waals surface area contributed by atoms with Crippen molar-refractivity contribution in [2.45, 2.75) is 39.7 Å². The molecule has 1 heterocycles. The summed E-state index contributed by atoms with van der Waals surface area (Å²) in [5.74, 6) is -0.232. The summed E-state index contributed by atoms with van der Waals surface area (Å²) in [6.45, 7) is 7.51. The monoisotopic (exact) mass is 207 g/mol. The van der Waals surface area contributed by atoms with Gasteiger partial charge >= 0.3 is 5.97 Å². The first-order chi connectivity index (χ1) is 6.88. The van der Waals surface area contributed by atoms with E-state index in [0.717, 1.165) is 11.3 Å². The first kappa shape index (κ1) is 11.7. The molecule has 0 aliphatic heterocycles. The number of carbonyl (C=O) groups excluding carboxylic acids is 1. The molecule has 1 aromatic heterocycles. The van der Waals surface area contributed by atoms with Crippen molar-refractivity contribution in [2.75, 3.05) is 0 Å². The molecule has 0 fully saturated rings. The molecule has 0 aliphatic rings. The smallest absolute Gasteiger partial charge is 0.312 e. The van der Waals surface area contributed by atoms with E-state index in [4.69, 9.17) is 4.74 Å². The Hall–Kier alpha value is -1.38. The van der Waals surface area contributed by atoms with Gasteiger partial charge in [-0.25, -0.2) is 0 Å². The van der Waals surface area contributed by atoms with E-state index in [1.165, 1.54) is 0 Å². The van der Waals surface area contributed by atoms with E-state index in [9.17, 15) is 4.79 Å². The average molecular weight is 207 g/mol. The van der Waals surface area contributed by atoms with E-state index >= 15 is 0 Å². The Bertz CT molecular complexity index is 353. The number of pyridine rings is 1. The molecule has 0 N–H and O–H groups in total. The van der Waals surface area contributed by atoms with Crippen LogP contribution >= 0.6 is 0 Å². The van der Waals surface area contributed by atoms with E-state index in [1.54, 1.807) is 6.20 Å². The van der Waals surface area contributed by atoms with Crippen LogP contribution in [0.4, 0.5) is 0 Å². The highest BCUT2D eigenvalue weighted by Gasteiger charge is 2.17. The molecule has 1 aromatic rings. The van der Waals surface area contributed by atoms with Crippen LogP contribution in [0.3, 0.4) is 0 Å². The van der Waals surface area contributed by atoms with Crippen LogP contribution in [0.2, 0.25) is 0 Å². The Morgan fingerprint density at radius 3 is 2.67 bits per heavy atom. The maximum absolute atomic E-state index is 11.5. The Labute approximate surface area is 90.5 Å². The van der Waals surface area contributed by atoms with Gasteiger partial charge in [0.1, 0.15) is 5.60 Å². The topological polar surface area (TPSA) is 39.2 Å². The molecular weight excluding hydrogens is 190 g/mol. The van der Waals surface area contributed by atoms with Gasteiger partial charge in [0.15, 0.2) is 0 Å². The normalized spacial score (nSPS) is 11.2. The van der Waals surface area contributed by atoms with Crippen molar-refractivity contribution in [2.24, 2.45) is 0 Å².